The maximum atomic E-state index is 12.4. The highest BCUT2D eigenvalue weighted by Crippen LogP contribution is 2.22. The van der Waals surface area contributed by atoms with E-state index in [1.807, 2.05) is 4.90 Å². The second kappa shape index (κ2) is 10.6. The van der Waals surface area contributed by atoms with Gasteiger partial charge >= 0.3 is 0 Å². The van der Waals surface area contributed by atoms with E-state index in [9.17, 15) is 4.79 Å². The van der Waals surface area contributed by atoms with Gasteiger partial charge in [-0.2, -0.15) is 0 Å². The standard InChI is InChI=1S/C14H27N3O3.2ClH/c1-11-10-17(6-5-16(11)7-8-19-2)14(18)13-4-3-12(9-15)20-13;;/h11-13H,3-10,15H2,1-2H3;2*1H/t11?,12-,13+;;/m1../s1. The molecule has 132 valence electrons. The fourth-order valence-corrected chi connectivity index (χ4v) is 3.00. The molecule has 0 aromatic rings. The van der Waals surface area contributed by atoms with Crippen molar-refractivity contribution in [1.29, 1.82) is 0 Å². The molecule has 6 nitrogen and oxygen atoms in total. The van der Waals surface area contributed by atoms with E-state index in [-0.39, 0.29) is 42.9 Å². The fraction of sp³-hybridized carbons (Fsp3) is 0.929. The van der Waals surface area contributed by atoms with E-state index in [2.05, 4.69) is 11.8 Å². The first-order valence-electron chi connectivity index (χ1n) is 7.53. The number of carbonyl (C=O) groups is 1. The number of hydrogen-bond donors (Lipinski definition) is 1. The normalized spacial score (nSPS) is 28.9. The van der Waals surface area contributed by atoms with Gasteiger partial charge in [0.25, 0.3) is 5.91 Å². The molecule has 2 aliphatic rings. The van der Waals surface area contributed by atoms with Crippen LogP contribution in [0.4, 0.5) is 0 Å². The minimum atomic E-state index is -0.277. The lowest BCUT2D eigenvalue weighted by molar-refractivity contribution is -0.145. The van der Waals surface area contributed by atoms with Crippen molar-refractivity contribution in [2.45, 2.75) is 38.0 Å². The molecular formula is C14H29Cl2N3O3. The molecule has 2 fully saturated rings. The van der Waals surface area contributed by atoms with Gasteiger partial charge in [-0.1, -0.05) is 0 Å². The van der Waals surface area contributed by atoms with Crippen LogP contribution in [0.1, 0.15) is 19.8 Å². The number of carbonyl (C=O) groups excluding carboxylic acids is 1. The van der Waals surface area contributed by atoms with E-state index in [1.165, 1.54) is 0 Å². The summed E-state index contributed by atoms with van der Waals surface area (Å²) in [5, 5.41) is 0. The van der Waals surface area contributed by atoms with Crippen LogP contribution in [0.3, 0.4) is 0 Å². The molecule has 2 rings (SSSR count). The number of ether oxygens (including phenoxy) is 2. The highest BCUT2D eigenvalue weighted by atomic mass is 35.5. The Hall–Kier alpha value is -0.110. The molecule has 0 bridgehead atoms. The topological polar surface area (TPSA) is 68.0 Å². The summed E-state index contributed by atoms with van der Waals surface area (Å²) >= 11 is 0. The summed E-state index contributed by atoms with van der Waals surface area (Å²) in [5.74, 6) is 0.138. The summed E-state index contributed by atoms with van der Waals surface area (Å²) in [6.45, 7) is 6.79. The molecule has 0 radical (unpaired) electrons. The van der Waals surface area contributed by atoms with Gasteiger partial charge in [0.05, 0.1) is 12.7 Å². The zero-order chi connectivity index (χ0) is 14.5. The molecule has 0 aromatic carbocycles. The van der Waals surface area contributed by atoms with Crippen LogP contribution in [-0.4, -0.2) is 80.4 Å². The number of halogens is 2. The molecule has 0 aromatic heterocycles. The summed E-state index contributed by atoms with van der Waals surface area (Å²) in [6, 6.07) is 0.370. The number of nitrogens with two attached hydrogens (primary N) is 1. The lowest BCUT2D eigenvalue weighted by Crippen LogP contribution is -2.56. The number of rotatable bonds is 5. The molecule has 0 spiro atoms. The Morgan fingerprint density at radius 2 is 2.05 bits per heavy atom. The van der Waals surface area contributed by atoms with Crippen LogP contribution in [0.5, 0.6) is 0 Å². The van der Waals surface area contributed by atoms with Crippen molar-refractivity contribution >= 4 is 30.7 Å². The predicted molar refractivity (Wildman–Crippen MR) is 90.9 cm³/mol. The molecule has 8 heteroatoms. The van der Waals surface area contributed by atoms with Crippen LogP contribution in [0.25, 0.3) is 0 Å². The third-order valence-corrected chi connectivity index (χ3v) is 4.31. The molecule has 2 heterocycles. The van der Waals surface area contributed by atoms with E-state index in [1.54, 1.807) is 7.11 Å². The largest absolute Gasteiger partial charge is 0.383 e. The number of piperazine rings is 1. The summed E-state index contributed by atoms with van der Waals surface area (Å²) in [5.41, 5.74) is 5.59. The quantitative estimate of drug-likeness (QED) is 0.776. The molecule has 22 heavy (non-hydrogen) atoms. The maximum Gasteiger partial charge on any atom is 0.251 e. The fourth-order valence-electron chi connectivity index (χ4n) is 3.00. The molecule has 1 amide bonds. The average Bonchev–Trinajstić information content (AvgIpc) is 2.94. The third kappa shape index (κ3) is 5.51. The van der Waals surface area contributed by atoms with Crippen molar-refractivity contribution in [3.05, 3.63) is 0 Å². The SMILES string of the molecule is COCCN1CCN(C(=O)[C@@H]2CC[C@H](CN)O2)CC1C.Cl.Cl. The lowest BCUT2D eigenvalue weighted by atomic mass is 10.1. The van der Waals surface area contributed by atoms with Crippen molar-refractivity contribution in [1.82, 2.24) is 9.80 Å². The molecule has 2 aliphatic heterocycles. The molecule has 2 N–H and O–H groups in total. The first-order chi connectivity index (χ1) is 9.65. The smallest absolute Gasteiger partial charge is 0.251 e. The van der Waals surface area contributed by atoms with Crippen LogP contribution in [-0.2, 0) is 14.3 Å². The Morgan fingerprint density at radius 1 is 1.32 bits per heavy atom. The monoisotopic (exact) mass is 357 g/mol. The van der Waals surface area contributed by atoms with Gasteiger partial charge in [-0.3, -0.25) is 9.69 Å². The van der Waals surface area contributed by atoms with Gasteiger partial charge in [0.1, 0.15) is 6.10 Å². The Bertz CT molecular complexity index is 336. The van der Waals surface area contributed by atoms with Gasteiger partial charge in [0.2, 0.25) is 0 Å². The van der Waals surface area contributed by atoms with Crippen molar-refractivity contribution in [3.8, 4) is 0 Å². The number of nitrogens with zero attached hydrogens (tertiary/aromatic N) is 2. The maximum absolute atomic E-state index is 12.4. The second-order valence-corrected chi connectivity index (χ2v) is 5.72. The summed E-state index contributed by atoms with van der Waals surface area (Å²) in [4.78, 5) is 16.8. The zero-order valence-corrected chi connectivity index (χ0v) is 15.0. The van der Waals surface area contributed by atoms with Gasteiger partial charge in [-0.25, -0.2) is 0 Å². The minimum Gasteiger partial charge on any atom is -0.383 e. The van der Waals surface area contributed by atoms with Crippen LogP contribution in [0, 0.1) is 0 Å². The first-order valence-corrected chi connectivity index (χ1v) is 7.53. The summed E-state index contributed by atoms with van der Waals surface area (Å²) in [6.07, 6.45) is 1.49. The van der Waals surface area contributed by atoms with Crippen LogP contribution < -0.4 is 5.73 Å². The average molecular weight is 358 g/mol. The summed E-state index contributed by atoms with van der Waals surface area (Å²) in [7, 11) is 1.72. The number of methoxy groups -OCH3 is 1. The van der Waals surface area contributed by atoms with Gasteiger partial charge in [-0.05, 0) is 19.8 Å². The minimum absolute atomic E-state index is 0. The van der Waals surface area contributed by atoms with E-state index in [4.69, 9.17) is 15.2 Å². The van der Waals surface area contributed by atoms with Gasteiger partial charge < -0.3 is 20.1 Å². The Kier molecular flexibility index (Phi) is 10.6. The predicted octanol–water partition coefficient (Wildman–Crippen LogP) is 0.515. The molecule has 3 atom stereocenters. The number of amides is 1. The van der Waals surface area contributed by atoms with Crippen LogP contribution in [0.2, 0.25) is 0 Å². The molecule has 1 unspecified atom stereocenters. The van der Waals surface area contributed by atoms with Crippen molar-refractivity contribution in [3.63, 3.8) is 0 Å². The van der Waals surface area contributed by atoms with E-state index < -0.39 is 0 Å². The number of hydrogen-bond acceptors (Lipinski definition) is 5. The first kappa shape index (κ1) is 21.9. The highest BCUT2D eigenvalue weighted by molar-refractivity contribution is 5.85. The zero-order valence-electron chi connectivity index (χ0n) is 13.4. The molecule has 0 aliphatic carbocycles. The molecule has 2 saturated heterocycles. The Labute approximate surface area is 145 Å². The van der Waals surface area contributed by atoms with Crippen molar-refractivity contribution < 1.29 is 14.3 Å². The summed E-state index contributed by atoms with van der Waals surface area (Å²) < 4.78 is 10.8. The van der Waals surface area contributed by atoms with Crippen molar-refractivity contribution in [2.24, 2.45) is 5.73 Å². The van der Waals surface area contributed by atoms with Crippen LogP contribution >= 0.6 is 24.8 Å². The highest BCUT2D eigenvalue weighted by Gasteiger charge is 2.35. The lowest BCUT2D eigenvalue weighted by Gasteiger charge is -2.40. The molecule has 0 saturated carbocycles. The van der Waals surface area contributed by atoms with Gasteiger partial charge in [0.15, 0.2) is 0 Å². The third-order valence-electron chi connectivity index (χ3n) is 4.31. The van der Waals surface area contributed by atoms with E-state index in [0.29, 0.717) is 12.6 Å². The van der Waals surface area contributed by atoms with Gasteiger partial charge in [-0.15, -0.1) is 24.8 Å². The Balaban J connectivity index is 0.00000220. The van der Waals surface area contributed by atoms with Crippen molar-refractivity contribution in [2.75, 3.05) is 46.4 Å². The van der Waals surface area contributed by atoms with E-state index >= 15 is 0 Å². The van der Waals surface area contributed by atoms with Gasteiger partial charge in [0, 0.05) is 45.9 Å². The van der Waals surface area contributed by atoms with Crippen LogP contribution in [0.15, 0.2) is 0 Å². The molecular weight excluding hydrogens is 329 g/mol. The Morgan fingerprint density at radius 3 is 2.59 bits per heavy atom. The van der Waals surface area contributed by atoms with E-state index in [0.717, 1.165) is 45.6 Å². The second-order valence-electron chi connectivity index (χ2n) is 5.72.